The molecule has 1 aliphatic heterocycles. The fourth-order valence-corrected chi connectivity index (χ4v) is 5.54. The first-order valence-corrected chi connectivity index (χ1v) is 11.6. The molecule has 1 atom stereocenters. The maximum absolute atomic E-state index is 15.3. The van der Waals surface area contributed by atoms with E-state index in [-0.39, 0.29) is 51.3 Å². The van der Waals surface area contributed by atoms with Crippen LogP contribution in [0.25, 0.3) is 10.9 Å². The Bertz CT molecular complexity index is 1220. The molecular formula is C21H17F4N3O3S2. The standard InChI is InChI=1S/C21H17F4N3O3S2/c22-20(7-8-28(11-20)17(31)9-29)16-6-5-15(33-16)14(30)10-32-18-12-3-1-2-4-13(12)26-19(27-18)21(23,24)25/h1-6,29H,7-11H2. The Hall–Kier alpha value is -2.57. The van der Waals surface area contributed by atoms with Gasteiger partial charge in [0.2, 0.25) is 11.7 Å². The first kappa shape index (κ1) is 23.6. The van der Waals surface area contributed by atoms with Crippen molar-refractivity contribution in [2.24, 2.45) is 0 Å². The van der Waals surface area contributed by atoms with Crippen LogP contribution in [0.4, 0.5) is 17.6 Å². The van der Waals surface area contributed by atoms with E-state index < -0.39 is 30.2 Å². The Morgan fingerprint density at radius 1 is 1.18 bits per heavy atom. The number of Topliss-reactive ketones (excluding diaryl/α,β-unsaturated/α-hetero) is 1. The number of thioether (sulfide) groups is 1. The lowest BCUT2D eigenvalue weighted by Gasteiger charge is -2.19. The van der Waals surface area contributed by atoms with E-state index in [1.54, 1.807) is 18.2 Å². The zero-order valence-electron chi connectivity index (χ0n) is 16.9. The van der Waals surface area contributed by atoms with Crippen LogP contribution in [0.1, 0.15) is 26.8 Å². The Balaban J connectivity index is 1.50. The van der Waals surface area contributed by atoms with E-state index in [4.69, 9.17) is 5.11 Å². The number of para-hydroxylation sites is 1. The van der Waals surface area contributed by atoms with Crippen LogP contribution >= 0.6 is 23.1 Å². The molecule has 1 aliphatic rings. The van der Waals surface area contributed by atoms with Gasteiger partial charge in [0, 0.05) is 23.2 Å². The Morgan fingerprint density at radius 3 is 2.67 bits per heavy atom. The minimum atomic E-state index is -4.73. The highest BCUT2D eigenvalue weighted by atomic mass is 32.2. The fraction of sp³-hybridized carbons (Fsp3) is 0.333. The summed E-state index contributed by atoms with van der Waals surface area (Å²) in [5.74, 6) is -2.41. The molecule has 4 rings (SSSR count). The predicted molar refractivity (Wildman–Crippen MR) is 115 cm³/mol. The fourth-order valence-electron chi connectivity index (χ4n) is 3.50. The minimum Gasteiger partial charge on any atom is -0.387 e. The molecule has 0 radical (unpaired) electrons. The summed E-state index contributed by atoms with van der Waals surface area (Å²) in [6, 6.07) is 9.18. The second kappa shape index (κ2) is 8.99. The second-order valence-electron chi connectivity index (χ2n) is 7.43. The summed E-state index contributed by atoms with van der Waals surface area (Å²) in [5.41, 5.74) is -1.69. The first-order chi connectivity index (χ1) is 15.6. The number of aromatic nitrogens is 2. The van der Waals surface area contributed by atoms with Gasteiger partial charge in [-0.3, -0.25) is 9.59 Å². The molecule has 1 N–H and O–H groups in total. The minimum absolute atomic E-state index is 0.0361. The third kappa shape index (κ3) is 4.87. The molecule has 2 aromatic heterocycles. The van der Waals surface area contributed by atoms with Crippen molar-refractivity contribution in [1.82, 2.24) is 14.9 Å². The molecule has 0 bridgehead atoms. The summed E-state index contributed by atoms with van der Waals surface area (Å²) in [6.07, 6.45) is -4.68. The van der Waals surface area contributed by atoms with Crippen LogP contribution in [-0.2, 0) is 16.6 Å². The maximum Gasteiger partial charge on any atom is 0.451 e. The van der Waals surface area contributed by atoms with E-state index in [0.717, 1.165) is 23.1 Å². The number of carbonyl (C=O) groups is 2. The van der Waals surface area contributed by atoms with Gasteiger partial charge < -0.3 is 10.0 Å². The van der Waals surface area contributed by atoms with E-state index in [2.05, 4.69) is 9.97 Å². The van der Waals surface area contributed by atoms with E-state index in [0.29, 0.717) is 5.39 Å². The molecule has 12 heteroatoms. The molecule has 33 heavy (non-hydrogen) atoms. The largest absolute Gasteiger partial charge is 0.451 e. The lowest BCUT2D eigenvalue weighted by molar-refractivity contribution is -0.145. The van der Waals surface area contributed by atoms with Gasteiger partial charge in [-0.15, -0.1) is 11.3 Å². The van der Waals surface area contributed by atoms with Crippen molar-refractivity contribution in [3.63, 3.8) is 0 Å². The molecule has 3 aromatic rings. The number of hydrogen-bond donors (Lipinski definition) is 1. The Labute approximate surface area is 193 Å². The lowest BCUT2D eigenvalue weighted by atomic mass is 10.0. The molecule has 1 saturated heterocycles. The van der Waals surface area contributed by atoms with E-state index in [9.17, 15) is 22.8 Å². The Kier molecular flexibility index (Phi) is 6.43. The maximum atomic E-state index is 15.3. The van der Waals surface area contributed by atoms with Gasteiger partial charge in [0.25, 0.3) is 0 Å². The molecular weight excluding hydrogens is 482 g/mol. The third-order valence-corrected chi connectivity index (χ3v) is 7.49. The third-order valence-electron chi connectivity index (χ3n) is 5.19. The second-order valence-corrected chi connectivity index (χ2v) is 9.48. The predicted octanol–water partition coefficient (Wildman–Crippen LogP) is 4.07. The van der Waals surface area contributed by atoms with Crippen molar-refractivity contribution in [3.8, 4) is 0 Å². The van der Waals surface area contributed by atoms with Crippen LogP contribution in [0.2, 0.25) is 0 Å². The number of hydrogen-bond acceptors (Lipinski definition) is 7. The number of thiophene rings is 1. The summed E-state index contributed by atoms with van der Waals surface area (Å²) < 4.78 is 54.9. The quantitative estimate of drug-likeness (QED) is 0.238. The van der Waals surface area contributed by atoms with Crippen LogP contribution in [-0.4, -0.2) is 57.1 Å². The summed E-state index contributed by atoms with van der Waals surface area (Å²) in [6.45, 7) is -0.743. The normalized spacial score (nSPS) is 18.8. The number of likely N-dealkylation sites (tertiary alicyclic amines) is 1. The summed E-state index contributed by atoms with van der Waals surface area (Å²) in [7, 11) is 0. The van der Waals surface area contributed by atoms with Gasteiger partial charge in [0.15, 0.2) is 11.5 Å². The highest BCUT2D eigenvalue weighted by Gasteiger charge is 2.43. The van der Waals surface area contributed by atoms with Crippen LogP contribution in [0.5, 0.6) is 0 Å². The number of ketones is 1. The number of carbonyl (C=O) groups excluding carboxylic acids is 2. The summed E-state index contributed by atoms with van der Waals surface area (Å²) >= 11 is 1.82. The molecule has 6 nitrogen and oxygen atoms in total. The van der Waals surface area contributed by atoms with E-state index in [1.165, 1.54) is 23.1 Å². The van der Waals surface area contributed by atoms with Gasteiger partial charge in [0.1, 0.15) is 11.6 Å². The Morgan fingerprint density at radius 2 is 1.94 bits per heavy atom. The number of nitrogens with zero attached hydrogens (tertiary/aromatic N) is 3. The SMILES string of the molecule is O=C(CSc1nc(C(F)(F)F)nc2ccccc12)c1ccc(C2(F)CCN(C(=O)CO)C2)s1. The molecule has 0 spiro atoms. The number of aliphatic hydroxyl groups excluding tert-OH is 1. The van der Waals surface area contributed by atoms with Gasteiger partial charge in [-0.25, -0.2) is 14.4 Å². The van der Waals surface area contributed by atoms with E-state index >= 15 is 4.39 Å². The number of benzene rings is 1. The van der Waals surface area contributed by atoms with Gasteiger partial charge in [0.05, 0.1) is 22.7 Å². The van der Waals surface area contributed by atoms with Crippen molar-refractivity contribution in [2.45, 2.75) is 23.3 Å². The average molecular weight is 500 g/mol. The van der Waals surface area contributed by atoms with Gasteiger partial charge in [-0.1, -0.05) is 30.0 Å². The molecule has 174 valence electrons. The molecule has 1 amide bonds. The number of halogens is 4. The molecule has 1 fully saturated rings. The van der Waals surface area contributed by atoms with Gasteiger partial charge >= 0.3 is 6.18 Å². The monoisotopic (exact) mass is 499 g/mol. The molecule has 0 saturated carbocycles. The van der Waals surface area contributed by atoms with Crippen LogP contribution in [0, 0.1) is 0 Å². The first-order valence-electron chi connectivity index (χ1n) is 9.78. The number of fused-ring (bicyclic) bond motifs is 1. The lowest BCUT2D eigenvalue weighted by Crippen LogP contribution is -2.33. The van der Waals surface area contributed by atoms with Gasteiger partial charge in [-0.2, -0.15) is 13.2 Å². The highest BCUT2D eigenvalue weighted by molar-refractivity contribution is 8.00. The van der Waals surface area contributed by atoms with Crippen molar-refractivity contribution in [3.05, 3.63) is 52.0 Å². The summed E-state index contributed by atoms with van der Waals surface area (Å²) in [4.78, 5) is 33.3. The number of rotatable bonds is 6. The van der Waals surface area contributed by atoms with Crippen LogP contribution in [0.3, 0.4) is 0 Å². The molecule has 0 aliphatic carbocycles. The van der Waals surface area contributed by atoms with Crippen molar-refractivity contribution < 1.29 is 32.3 Å². The average Bonchev–Trinajstić information content (AvgIpc) is 3.44. The zero-order valence-corrected chi connectivity index (χ0v) is 18.6. The van der Waals surface area contributed by atoms with Crippen molar-refractivity contribution in [2.75, 3.05) is 25.4 Å². The number of amides is 1. The molecule has 1 aromatic carbocycles. The van der Waals surface area contributed by atoms with Crippen LogP contribution in [0.15, 0.2) is 41.4 Å². The highest BCUT2D eigenvalue weighted by Crippen LogP contribution is 2.40. The number of aliphatic hydroxyl groups is 1. The van der Waals surface area contributed by atoms with Crippen molar-refractivity contribution in [1.29, 1.82) is 0 Å². The smallest absolute Gasteiger partial charge is 0.387 e. The molecule has 3 heterocycles. The van der Waals surface area contributed by atoms with E-state index in [1.807, 2.05) is 0 Å². The zero-order chi connectivity index (χ0) is 23.8. The van der Waals surface area contributed by atoms with Gasteiger partial charge in [-0.05, 0) is 18.2 Å². The van der Waals surface area contributed by atoms with Crippen molar-refractivity contribution >= 4 is 45.7 Å². The topological polar surface area (TPSA) is 83.4 Å². The molecule has 1 unspecified atom stereocenters. The summed E-state index contributed by atoms with van der Waals surface area (Å²) in [5, 5.41) is 9.40. The van der Waals surface area contributed by atoms with Crippen LogP contribution < -0.4 is 0 Å². The number of alkyl halides is 4.